The number of carbonyl (C=O) groups excluding carboxylic acids is 1. The average molecular weight is 321 g/mol. The molecule has 0 aromatic heterocycles. The fourth-order valence-electron chi connectivity index (χ4n) is 1.99. The third kappa shape index (κ3) is 4.28. The van der Waals surface area contributed by atoms with Crippen molar-refractivity contribution < 1.29 is 4.79 Å². The lowest BCUT2D eigenvalue weighted by molar-refractivity contribution is 0.0732. The molecule has 0 unspecified atom stereocenters. The summed E-state index contributed by atoms with van der Waals surface area (Å²) in [6.07, 6.45) is 0. The second-order valence-corrected chi connectivity index (χ2v) is 5.86. The lowest BCUT2D eigenvalue weighted by Gasteiger charge is -2.28. The first-order chi connectivity index (χ1) is 8.72. The number of rotatable bonds is 3. The molecule has 0 aliphatic carbocycles. The van der Waals surface area contributed by atoms with Gasteiger partial charge < -0.3 is 10.2 Å². The minimum atomic E-state index is 0. The van der Waals surface area contributed by atoms with Crippen molar-refractivity contribution in [3.05, 3.63) is 28.8 Å². The predicted molar refractivity (Wildman–Crippen MR) is 83.9 cm³/mol. The Morgan fingerprint density at radius 1 is 1.42 bits per heavy atom. The standard InChI is InChI=1S/C13H17ClN2OS.ClH/c1-2-18-12-4-3-10(14)9-11(12)13(17)16-7-5-15-6-8-16;/h3-4,9,15H,2,5-8H2,1H3;1H. The van der Waals surface area contributed by atoms with Gasteiger partial charge in [0.25, 0.3) is 5.91 Å². The van der Waals surface area contributed by atoms with Crippen LogP contribution < -0.4 is 5.32 Å². The van der Waals surface area contributed by atoms with Crippen LogP contribution in [0.4, 0.5) is 0 Å². The van der Waals surface area contributed by atoms with Gasteiger partial charge in [0, 0.05) is 36.1 Å². The molecule has 1 N–H and O–H groups in total. The second kappa shape index (κ2) is 8.00. The zero-order valence-electron chi connectivity index (χ0n) is 10.8. The second-order valence-electron chi connectivity index (χ2n) is 4.12. The summed E-state index contributed by atoms with van der Waals surface area (Å²) in [5, 5.41) is 3.87. The van der Waals surface area contributed by atoms with Gasteiger partial charge in [0.05, 0.1) is 5.56 Å². The van der Waals surface area contributed by atoms with Crippen molar-refractivity contribution in [1.82, 2.24) is 10.2 Å². The largest absolute Gasteiger partial charge is 0.336 e. The number of nitrogens with zero attached hydrogens (tertiary/aromatic N) is 1. The number of piperazine rings is 1. The summed E-state index contributed by atoms with van der Waals surface area (Å²) in [6.45, 7) is 5.34. The van der Waals surface area contributed by atoms with Crippen LogP contribution in [0.15, 0.2) is 23.1 Å². The van der Waals surface area contributed by atoms with E-state index in [1.54, 1.807) is 17.8 Å². The SMILES string of the molecule is CCSc1ccc(Cl)cc1C(=O)N1CCNCC1.Cl. The van der Waals surface area contributed by atoms with Crippen LogP contribution in [0.3, 0.4) is 0 Å². The molecule has 1 fully saturated rings. The third-order valence-corrected chi connectivity index (χ3v) is 4.07. The molecule has 0 bridgehead atoms. The highest BCUT2D eigenvalue weighted by molar-refractivity contribution is 7.99. The van der Waals surface area contributed by atoms with E-state index in [4.69, 9.17) is 11.6 Å². The highest BCUT2D eigenvalue weighted by Crippen LogP contribution is 2.26. The summed E-state index contributed by atoms with van der Waals surface area (Å²) in [5.74, 6) is 1.04. The van der Waals surface area contributed by atoms with Gasteiger partial charge in [-0.3, -0.25) is 4.79 Å². The predicted octanol–water partition coefficient (Wildman–Crippen LogP) is 2.92. The Morgan fingerprint density at radius 2 is 2.11 bits per heavy atom. The van der Waals surface area contributed by atoms with E-state index in [2.05, 4.69) is 12.2 Å². The van der Waals surface area contributed by atoms with Gasteiger partial charge in [-0.05, 0) is 24.0 Å². The molecule has 0 radical (unpaired) electrons. The van der Waals surface area contributed by atoms with Crippen molar-refractivity contribution in [3.63, 3.8) is 0 Å². The molecule has 0 atom stereocenters. The first-order valence-electron chi connectivity index (χ1n) is 6.14. The Balaban J connectivity index is 0.00000180. The number of thioether (sulfide) groups is 1. The van der Waals surface area contributed by atoms with Gasteiger partial charge in [0.1, 0.15) is 0 Å². The topological polar surface area (TPSA) is 32.3 Å². The number of hydrogen-bond donors (Lipinski definition) is 1. The van der Waals surface area contributed by atoms with Crippen molar-refractivity contribution in [3.8, 4) is 0 Å². The molecule has 1 aromatic carbocycles. The number of benzene rings is 1. The molecule has 0 saturated carbocycles. The van der Waals surface area contributed by atoms with Crippen LogP contribution in [-0.2, 0) is 0 Å². The van der Waals surface area contributed by atoms with Crippen LogP contribution in [0.1, 0.15) is 17.3 Å². The lowest BCUT2D eigenvalue weighted by Crippen LogP contribution is -2.46. The monoisotopic (exact) mass is 320 g/mol. The van der Waals surface area contributed by atoms with E-state index in [1.807, 2.05) is 17.0 Å². The minimum absolute atomic E-state index is 0. The van der Waals surface area contributed by atoms with Crippen LogP contribution in [0.2, 0.25) is 5.02 Å². The Hall–Kier alpha value is -0.420. The number of halogens is 2. The van der Waals surface area contributed by atoms with E-state index in [0.717, 1.165) is 42.4 Å². The van der Waals surface area contributed by atoms with Crippen molar-refractivity contribution in [2.45, 2.75) is 11.8 Å². The van der Waals surface area contributed by atoms with Gasteiger partial charge in [0.2, 0.25) is 0 Å². The molecular weight excluding hydrogens is 303 g/mol. The molecule has 19 heavy (non-hydrogen) atoms. The molecule has 6 heteroatoms. The van der Waals surface area contributed by atoms with Crippen LogP contribution >= 0.6 is 35.8 Å². The van der Waals surface area contributed by atoms with Crippen LogP contribution in [0.25, 0.3) is 0 Å². The summed E-state index contributed by atoms with van der Waals surface area (Å²) in [4.78, 5) is 15.4. The van der Waals surface area contributed by atoms with Gasteiger partial charge >= 0.3 is 0 Å². The van der Waals surface area contributed by atoms with Crippen LogP contribution in [0.5, 0.6) is 0 Å². The van der Waals surface area contributed by atoms with Crippen molar-refractivity contribution in [2.75, 3.05) is 31.9 Å². The summed E-state index contributed by atoms with van der Waals surface area (Å²) < 4.78 is 0. The molecule has 1 saturated heterocycles. The first kappa shape index (κ1) is 16.6. The zero-order chi connectivity index (χ0) is 13.0. The van der Waals surface area contributed by atoms with E-state index >= 15 is 0 Å². The van der Waals surface area contributed by atoms with Crippen LogP contribution in [-0.4, -0.2) is 42.7 Å². The highest BCUT2D eigenvalue weighted by Gasteiger charge is 2.20. The molecule has 3 nitrogen and oxygen atoms in total. The van der Waals surface area contributed by atoms with E-state index in [0.29, 0.717) is 5.02 Å². The van der Waals surface area contributed by atoms with E-state index in [1.165, 1.54) is 0 Å². The maximum absolute atomic E-state index is 12.5. The Morgan fingerprint density at radius 3 is 2.74 bits per heavy atom. The normalized spacial score (nSPS) is 14.9. The lowest BCUT2D eigenvalue weighted by atomic mass is 10.2. The molecule has 1 aromatic rings. The number of carbonyl (C=O) groups is 1. The zero-order valence-corrected chi connectivity index (χ0v) is 13.2. The summed E-state index contributed by atoms with van der Waals surface area (Å²) in [7, 11) is 0. The Bertz CT molecular complexity index is 437. The molecule has 1 aliphatic rings. The number of nitrogens with one attached hydrogen (secondary N) is 1. The van der Waals surface area contributed by atoms with Gasteiger partial charge in [-0.25, -0.2) is 0 Å². The highest BCUT2D eigenvalue weighted by atomic mass is 35.5. The fourth-order valence-corrected chi connectivity index (χ4v) is 2.94. The minimum Gasteiger partial charge on any atom is -0.336 e. The number of amides is 1. The molecule has 0 spiro atoms. The van der Waals surface area contributed by atoms with Crippen molar-refractivity contribution in [2.24, 2.45) is 0 Å². The average Bonchev–Trinajstić information content (AvgIpc) is 2.41. The van der Waals surface area contributed by atoms with Crippen molar-refractivity contribution >= 4 is 41.7 Å². The summed E-state index contributed by atoms with van der Waals surface area (Å²) in [6, 6.07) is 5.56. The van der Waals surface area contributed by atoms with E-state index in [-0.39, 0.29) is 18.3 Å². The Labute approximate surface area is 129 Å². The molecule has 106 valence electrons. The first-order valence-corrected chi connectivity index (χ1v) is 7.51. The van der Waals surface area contributed by atoms with Gasteiger partial charge in [0.15, 0.2) is 0 Å². The maximum atomic E-state index is 12.5. The maximum Gasteiger partial charge on any atom is 0.255 e. The fraction of sp³-hybridized carbons (Fsp3) is 0.462. The van der Waals surface area contributed by atoms with Crippen molar-refractivity contribution in [1.29, 1.82) is 0 Å². The Kier molecular flexibility index (Phi) is 7.00. The molecular formula is C13H18Cl2N2OS. The number of hydrogen-bond acceptors (Lipinski definition) is 3. The van der Waals surface area contributed by atoms with Gasteiger partial charge in [-0.15, -0.1) is 24.2 Å². The van der Waals surface area contributed by atoms with Crippen LogP contribution in [0, 0.1) is 0 Å². The summed E-state index contributed by atoms with van der Waals surface area (Å²) in [5.41, 5.74) is 0.733. The molecule has 1 heterocycles. The van der Waals surface area contributed by atoms with E-state index < -0.39 is 0 Å². The molecule has 1 aliphatic heterocycles. The third-order valence-electron chi connectivity index (χ3n) is 2.88. The van der Waals surface area contributed by atoms with E-state index in [9.17, 15) is 4.79 Å². The quantitative estimate of drug-likeness (QED) is 0.869. The summed E-state index contributed by atoms with van der Waals surface area (Å²) >= 11 is 7.69. The molecule has 2 rings (SSSR count). The smallest absolute Gasteiger partial charge is 0.255 e. The van der Waals surface area contributed by atoms with Gasteiger partial charge in [-0.1, -0.05) is 18.5 Å². The van der Waals surface area contributed by atoms with Gasteiger partial charge in [-0.2, -0.15) is 0 Å². The molecule has 1 amide bonds.